The molecule has 8 heteroatoms. The van der Waals surface area contributed by atoms with Crippen LogP contribution in [0.15, 0.2) is 47.5 Å². The van der Waals surface area contributed by atoms with Gasteiger partial charge in [-0.1, -0.05) is 18.2 Å². The summed E-state index contributed by atoms with van der Waals surface area (Å²) in [6, 6.07) is 9.10. The summed E-state index contributed by atoms with van der Waals surface area (Å²) in [4.78, 5) is 29.1. The van der Waals surface area contributed by atoms with Crippen LogP contribution in [0.25, 0.3) is 16.4 Å². The van der Waals surface area contributed by atoms with Gasteiger partial charge in [0.2, 0.25) is 0 Å². The number of carbonyl (C=O) groups excluding carboxylic acids is 1. The lowest BCUT2D eigenvalue weighted by Crippen LogP contribution is -2.55. The van der Waals surface area contributed by atoms with E-state index in [9.17, 15) is 14.0 Å². The molecular formula is C24H22FN5O2. The Labute approximate surface area is 182 Å². The molecule has 6 rings (SSSR count). The summed E-state index contributed by atoms with van der Waals surface area (Å²) < 4.78 is 15.3. The first kappa shape index (κ1) is 19.2. The Kier molecular flexibility index (Phi) is 4.02. The highest BCUT2D eigenvalue weighted by Gasteiger charge is 2.54. The highest BCUT2D eigenvalue weighted by Crippen LogP contribution is 2.62. The van der Waals surface area contributed by atoms with Gasteiger partial charge in [0.25, 0.3) is 11.5 Å². The van der Waals surface area contributed by atoms with Gasteiger partial charge in [-0.25, -0.2) is 14.5 Å². The van der Waals surface area contributed by atoms with Crippen LogP contribution in [0, 0.1) is 18.2 Å². The van der Waals surface area contributed by atoms with Gasteiger partial charge in [-0.2, -0.15) is 5.10 Å². The highest BCUT2D eigenvalue weighted by atomic mass is 19.1. The molecule has 0 saturated heterocycles. The van der Waals surface area contributed by atoms with E-state index in [-0.39, 0.29) is 22.9 Å². The Bertz CT molecular complexity index is 1440. The van der Waals surface area contributed by atoms with Crippen LogP contribution in [0.2, 0.25) is 0 Å². The average Bonchev–Trinajstić information content (AvgIpc) is 3.14. The van der Waals surface area contributed by atoms with Gasteiger partial charge in [0.1, 0.15) is 17.2 Å². The van der Waals surface area contributed by atoms with Crippen LogP contribution in [0.5, 0.6) is 0 Å². The molecule has 0 radical (unpaired) electrons. The number of carbonyl (C=O) groups is 1. The molecule has 0 aliphatic heterocycles. The van der Waals surface area contributed by atoms with Crippen molar-refractivity contribution < 1.29 is 9.18 Å². The predicted octanol–water partition coefficient (Wildman–Crippen LogP) is 3.47. The first-order valence-corrected chi connectivity index (χ1v) is 10.8. The van der Waals surface area contributed by atoms with Crippen LogP contribution >= 0.6 is 0 Å². The maximum absolute atomic E-state index is 13.8. The lowest BCUT2D eigenvalue weighted by molar-refractivity contribution is -0.0197. The zero-order chi connectivity index (χ0) is 22.0. The minimum absolute atomic E-state index is 0.101. The first-order chi connectivity index (χ1) is 15.4. The van der Waals surface area contributed by atoms with Crippen LogP contribution in [0.1, 0.15) is 53.3 Å². The van der Waals surface area contributed by atoms with Crippen LogP contribution in [0.4, 0.5) is 4.39 Å². The smallest absolute Gasteiger partial charge is 0.272 e. The molecule has 3 heterocycles. The molecule has 2 fully saturated rings. The lowest BCUT2D eigenvalue weighted by atomic mass is 9.49. The minimum Gasteiger partial charge on any atom is -0.348 e. The molecule has 2 aliphatic rings. The standard InChI is InChI=1S/C24H22FN5O2/c1-13-6-15(25)12-30-19(11-26-21(13)30)23(32)27-16-9-24(10-16)7-14(8-24)20-17-4-2-3-5-18(17)22(31)29-28-20/h2-6,11-12,14,16H,7-10H2,1H3,(H,27,32)(H,29,31). The van der Waals surface area contributed by atoms with Gasteiger partial charge < -0.3 is 5.32 Å². The Morgan fingerprint density at radius 1 is 1.22 bits per heavy atom. The Morgan fingerprint density at radius 3 is 2.75 bits per heavy atom. The van der Waals surface area contributed by atoms with Crippen molar-refractivity contribution in [2.45, 2.75) is 44.6 Å². The normalized spacial score (nSPS) is 24.4. The molecule has 2 saturated carbocycles. The van der Waals surface area contributed by atoms with E-state index in [0.29, 0.717) is 28.2 Å². The number of benzene rings is 1. The number of aromatic amines is 1. The largest absolute Gasteiger partial charge is 0.348 e. The molecular weight excluding hydrogens is 409 g/mol. The minimum atomic E-state index is -0.395. The van der Waals surface area contributed by atoms with Crippen molar-refractivity contribution in [2.24, 2.45) is 5.41 Å². The molecule has 0 bridgehead atoms. The molecule has 1 amide bonds. The lowest BCUT2D eigenvalue weighted by Gasteiger charge is -2.57. The summed E-state index contributed by atoms with van der Waals surface area (Å²) >= 11 is 0. The van der Waals surface area contributed by atoms with Crippen molar-refractivity contribution in [3.05, 3.63) is 75.8 Å². The number of halogens is 1. The number of amides is 1. The van der Waals surface area contributed by atoms with Crippen LogP contribution in [0.3, 0.4) is 0 Å². The topological polar surface area (TPSA) is 92.1 Å². The number of hydrogen-bond donors (Lipinski definition) is 2. The predicted molar refractivity (Wildman–Crippen MR) is 117 cm³/mol. The summed E-state index contributed by atoms with van der Waals surface area (Å²) in [5, 5.41) is 11.7. The zero-order valence-electron chi connectivity index (χ0n) is 17.6. The third-order valence-electron chi connectivity index (χ3n) is 7.15. The molecule has 1 aromatic carbocycles. The molecule has 7 nitrogen and oxygen atoms in total. The number of H-pyrrole nitrogens is 1. The van der Waals surface area contributed by atoms with Crippen molar-refractivity contribution in [2.75, 3.05) is 0 Å². The van der Waals surface area contributed by atoms with Crippen molar-refractivity contribution in [3.8, 4) is 0 Å². The summed E-state index contributed by atoms with van der Waals surface area (Å²) in [5.41, 5.74) is 2.65. The van der Waals surface area contributed by atoms with Gasteiger partial charge >= 0.3 is 0 Å². The second-order valence-electron chi connectivity index (χ2n) is 9.35. The van der Waals surface area contributed by atoms with Gasteiger partial charge in [-0.15, -0.1) is 0 Å². The Hall–Kier alpha value is -3.55. The molecule has 2 aliphatic carbocycles. The number of pyridine rings is 1. The van der Waals surface area contributed by atoms with Gasteiger partial charge in [-0.05, 0) is 55.7 Å². The number of aromatic nitrogens is 4. The highest BCUT2D eigenvalue weighted by molar-refractivity contribution is 5.93. The van der Waals surface area contributed by atoms with Crippen LogP contribution < -0.4 is 10.9 Å². The second kappa shape index (κ2) is 6.72. The van der Waals surface area contributed by atoms with Gasteiger partial charge in [0, 0.05) is 23.5 Å². The molecule has 4 aromatic rings. The van der Waals surface area contributed by atoms with E-state index >= 15 is 0 Å². The number of nitrogens with zero attached hydrogens (tertiary/aromatic N) is 3. The van der Waals surface area contributed by atoms with E-state index < -0.39 is 5.82 Å². The fourth-order valence-corrected chi connectivity index (χ4v) is 5.69. The first-order valence-electron chi connectivity index (χ1n) is 10.8. The van der Waals surface area contributed by atoms with Gasteiger partial charge in [0.15, 0.2) is 0 Å². The number of nitrogens with one attached hydrogen (secondary N) is 2. The molecule has 2 N–H and O–H groups in total. The zero-order valence-corrected chi connectivity index (χ0v) is 17.6. The van der Waals surface area contributed by atoms with Crippen molar-refractivity contribution in [1.82, 2.24) is 24.9 Å². The molecule has 3 aromatic heterocycles. The average molecular weight is 431 g/mol. The third-order valence-corrected chi connectivity index (χ3v) is 7.15. The fraction of sp³-hybridized carbons (Fsp3) is 0.333. The summed E-state index contributed by atoms with van der Waals surface area (Å²) in [6.45, 7) is 1.77. The van der Waals surface area contributed by atoms with Gasteiger partial charge in [0.05, 0.1) is 17.3 Å². The molecule has 162 valence electrons. The number of rotatable bonds is 3. The number of fused-ring (bicyclic) bond motifs is 2. The van der Waals surface area contributed by atoms with Crippen LogP contribution in [-0.2, 0) is 0 Å². The number of aryl methyl sites for hydroxylation is 1. The molecule has 1 spiro atoms. The second-order valence-corrected chi connectivity index (χ2v) is 9.35. The van der Waals surface area contributed by atoms with Crippen molar-refractivity contribution in [1.29, 1.82) is 0 Å². The molecule has 32 heavy (non-hydrogen) atoms. The SMILES string of the molecule is Cc1cc(F)cn2c(C(=O)NC3CC4(C3)CC(c3n[nH]c(=O)c5ccccc35)C4)cnc12. The maximum atomic E-state index is 13.8. The summed E-state index contributed by atoms with van der Waals surface area (Å²) in [7, 11) is 0. The Balaban J connectivity index is 1.13. The Morgan fingerprint density at radius 2 is 1.97 bits per heavy atom. The third kappa shape index (κ3) is 2.86. The number of hydrogen-bond acceptors (Lipinski definition) is 4. The van der Waals surface area contributed by atoms with E-state index in [1.54, 1.807) is 6.92 Å². The van der Waals surface area contributed by atoms with E-state index in [2.05, 4.69) is 20.5 Å². The maximum Gasteiger partial charge on any atom is 0.272 e. The fourth-order valence-electron chi connectivity index (χ4n) is 5.69. The van der Waals surface area contributed by atoms with Gasteiger partial charge in [-0.3, -0.25) is 14.0 Å². The van der Waals surface area contributed by atoms with E-state index in [4.69, 9.17) is 0 Å². The van der Waals surface area contributed by atoms with Crippen molar-refractivity contribution >= 4 is 22.3 Å². The summed E-state index contributed by atoms with van der Waals surface area (Å²) in [5.74, 6) is -0.307. The van der Waals surface area contributed by atoms with E-state index in [1.807, 2.05) is 24.3 Å². The molecule has 0 atom stereocenters. The summed E-state index contributed by atoms with van der Waals surface area (Å²) in [6.07, 6.45) is 6.63. The van der Waals surface area contributed by atoms with Crippen LogP contribution in [-0.4, -0.2) is 31.5 Å². The molecule has 0 unspecified atom stereocenters. The van der Waals surface area contributed by atoms with E-state index in [0.717, 1.165) is 36.8 Å². The monoisotopic (exact) mass is 431 g/mol. The van der Waals surface area contributed by atoms with E-state index in [1.165, 1.54) is 22.9 Å². The number of imidazole rings is 1. The van der Waals surface area contributed by atoms with Crippen molar-refractivity contribution in [3.63, 3.8) is 0 Å². The quantitative estimate of drug-likeness (QED) is 0.520.